The first-order valence-corrected chi connectivity index (χ1v) is 7.42. The van der Waals surface area contributed by atoms with E-state index in [1.807, 2.05) is 18.2 Å². The summed E-state index contributed by atoms with van der Waals surface area (Å²) < 4.78 is 0. The Kier molecular flexibility index (Phi) is 4.30. The van der Waals surface area contributed by atoms with Crippen LogP contribution in [0.5, 0.6) is 0 Å². The molecule has 1 amide bonds. The van der Waals surface area contributed by atoms with Crippen LogP contribution < -0.4 is 16.2 Å². The number of hydrogen-bond donors (Lipinski definition) is 3. The SMILES string of the molecule is O=C(NC1CCNN1)c1cccc(CN2CCCC2)c1. The largest absolute Gasteiger partial charge is 0.335 e. The van der Waals surface area contributed by atoms with Crippen LogP contribution in [0.15, 0.2) is 24.3 Å². The summed E-state index contributed by atoms with van der Waals surface area (Å²) in [6.45, 7) is 4.19. The van der Waals surface area contributed by atoms with Crippen LogP contribution in [0.25, 0.3) is 0 Å². The van der Waals surface area contributed by atoms with Gasteiger partial charge in [0, 0.05) is 18.7 Å². The van der Waals surface area contributed by atoms with Gasteiger partial charge in [0.15, 0.2) is 0 Å². The zero-order valence-electron chi connectivity index (χ0n) is 11.7. The average Bonchev–Trinajstić information content (AvgIpc) is 3.12. The third-order valence-corrected chi connectivity index (χ3v) is 3.93. The van der Waals surface area contributed by atoms with Crippen LogP contribution in [0, 0.1) is 0 Å². The number of likely N-dealkylation sites (tertiary alicyclic amines) is 1. The molecular formula is C15H22N4O. The van der Waals surface area contributed by atoms with Gasteiger partial charge in [-0.15, -0.1) is 0 Å². The minimum atomic E-state index is -0.00512. The van der Waals surface area contributed by atoms with Crippen LogP contribution >= 0.6 is 0 Å². The third kappa shape index (κ3) is 3.36. The molecule has 0 aliphatic carbocycles. The number of nitrogens with one attached hydrogen (secondary N) is 3. The Balaban J connectivity index is 1.61. The first kappa shape index (κ1) is 13.5. The van der Waals surface area contributed by atoms with Crippen molar-refractivity contribution in [1.82, 2.24) is 21.1 Å². The van der Waals surface area contributed by atoms with E-state index in [1.165, 1.54) is 31.5 Å². The Morgan fingerprint density at radius 3 is 2.95 bits per heavy atom. The van der Waals surface area contributed by atoms with E-state index in [4.69, 9.17) is 0 Å². The number of carbonyl (C=O) groups excluding carboxylic acids is 1. The van der Waals surface area contributed by atoms with E-state index >= 15 is 0 Å². The van der Waals surface area contributed by atoms with Crippen molar-refractivity contribution in [1.29, 1.82) is 0 Å². The first-order valence-electron chi connectivity index (χ1n) is 7.42. The Hall–Kier alpha value is -1.43. The van der Waals surface area contributed by atoms with Gasteiger partial charge in [0.2, 0.25) is 0 Å². The molecule has 2 saturated heterocycles. The van der Waals surface area contributed by atoms with Crippen molar-refractivity contribution in [3.63, 3.8) is 0 Å². The summed E-state index contributed by atoms with van der Waals surface area (Å²) in [5.74, 6) is -0.00512. The second-order valence-corrected chi connectivity index (χ2v) is 5.57. The number of hydrazine groups is 1. The molecule has 0 radical (unpaired) electrons. The molecule has 1 unspecified atom stereocenters. The van der Waals surface area contributed by atoms with Crippen molar-refractivity contribution in [2.24, 2.45) is 0 Å². The zero-order chi connectivity index (χ0) is 13.8. The van der Waals surface area contributed by atoms with E-state index in [-0.39, 0.29) is 12.1 Å². The van der Waals surface area contributed by atoms with E-state index in [0.717, 1.165) is 25.1 Å². The van der Waals surface area contributed by atoms with Gasteiger partial charge in [0.1, 0.15) is 0 Å². The van der Waals surface area contributed by atoms with Crippen molar-refractivity contribution < 1.29 is 4.79 Å². The van der Waals surface area contributed by atoms with Gasteiger partial charge in [-0.3, -0.25) is 15.1 Å². The van der Waals surface area contributed by atoms with Gasteiger partial charge in [0.05, 0.1) is 6.17 Å². The smallest absolute Gasteiger partial charge is 0.252 e. The molecule has 3 rings (SSSR count). The normalized spacial score (nSPS) is 23.1. The number of carbonyl (C=O) groups is 1. The summed E-state index contributed by atoms with van der Waals surface area (Å²) in [6, 6.07) is 7.96. The van der Waals surface area contributed by atoms with Crippen LogP contribution in [0.2, 0.25) is 0 Å². The number of amides is 1. The van der Waals surface area contributed by atoms with E-state index in [1.54, 1.807) is 0 Å². The standard InChI is InChI=1S/C15H22N4O/c20-15(17-14-6-7-16-18-14)13-5-3-4-12(10-13)11-19-8-1-2-9-19/h3-5,10,14,16,18H,1-2,6-9,11H2,(H,17,20). The van der Waals surface area contributed by atoms with Gasteiger partial charge in [-0.25, -0.2) is 5.43 Å². The second-order valence-electron chi connectivity index (χ2n) is 5.57. The maximum Gasteiger partial charge on any atom is 0.252 e. The summed E-state index contributed by atoms with van der Waals surface area (Å²) in [7, 11) is 0. The van der Waals surface area contributed by atoms with Gasteiger partial charge in [-0.2, -0.15) is 0 Å². The lowest BCUT2D eigenvalue weighted by Gasteiger charge is -2.16. The molecule has 5 nitrogen and oxygen atoms in total. The lowest BCUT2D eigenvalue weighted by atomic mass is 10.1. The molecule has 0 bridgehead atoms. The lowest BCUT2D eigenvalue weighted by molar-refractivity contribution is 0.0932. The van der Waals surface area contributed by atoms with Crippen molar-refractivity contribution in [2.45, 2.75) is 32.0 Å². The van der Waals surface area contributed by atoms with Crippen molar-refractivity contribution in [3.8, 4) is 0 Å². The summed E-state index contributed by atoms with van der Waals surface area (Å²) in [6.07, 6.45) is 3.53. The second kappa shape index (κ2) is 6.35. The molecule has 1 aromatic rings. The van der Waals surface area contributed by atoms with Crippen molar-refractivity contribution in [3.05, 3.63) is 35.4 Å². The number of hydrogen-bond acceptors (Lipinski definition) is 4. The molecule has 2 heterocycles. The summed E-state index contributed by atoms with van der Waals surface area (Å²) in [5, 5.41) is 2.99. The molecule has 2 aliphatic heterocycles. The molecule has 108 valence electrons. The van der Waals surface area contributed by atoms with Gasteiger partial charge >= 0.3 is 0 Å². The summed E-state index contributed by atoms with van der Waals surface area (Å²) in [4.78, 5) is 14.6. The fourth-order valence-electron chi connectivity index (χ4n) is 2.84. The molecule has 20 heavy (non-hydrogen) atoms. The molecule has 1 atom stereocenters. The monoisotopic (exact) mass is 274 g/mol. The highest BCUT2D eigenvalue weighted by molar-refractivity contribution is 5.94. The highest BCUT2D eigenvalue weighted by atomic mass is 16.1. The van der Waals surface area contributed by atoms with Gasteiger partial charge in [-0.1, -0.05) is 12.1 Å². The molecule has 2 fully saturated rings. The Bertz CT molecular complexity index is 465. The summed E-state index contributed by atoms with van der Waals surface area (Å²) in [5.41, 5.74) is 8.02. The fraction of sp³-hybridized carbons (Fsp3) is 0.533. The molecule has 1 aromatic carbocycles. The van der Waals surface area contributed by atoms with Gasteiger partial charge in [-0.05, 0) is 50.0 Å². The van der Waals surface area contributed by atoms with Crippen LogP contribution in [-0.4, -0.2) is 36.6 Å². The third-order valence-electron chi connectivity index (χ3n) is 3.93. The molecule has 2 aliphatic rings. The predicted molar refractivity (Wildman–Crippen MR) is 78.0 cm³/mol. The van der Waals surface area contributed by atoms with Gasteiger partial charge in [0.25, 0.3) is 5.91 Å². The lowest BCUT2D eigenvalue weighted by Crippen LogP contribution is -2.44. The molecule has 0 aromatic heterocycles. The van der Waals surface area contributed by atoms with Crippen LogP contribution in [0.1, 0.15) is 35.2 Å². The van der Waals surface area contributed by atoms with Crippen LogP contribution in [0.3, 0.4) is 0 Å². The minimum Gasteiger partial charge on any atom is -0.335 e. The zero-order valence-corrected chi connectivity index (χ0v) is 11.7. The molecule has 5 heteroatoms. The Labute approximate surface area is 119 Å². The number of rotatable bonds is 4. The van der Waals surface area contributed by atoms with E-state index in [2.05, 4.69) is 27.1 Å². The minimum absolute atomic E-state index is 0.00512. The number of nitrogens with zero attached hydrogens (tertiary/aromatic N) is 1. The highest BCUT2D eigenvalue weighted by Crippen LogP contribution is 2.14. The fourth-order valence-corrected chi connectivity index (χ4v) is 2.84. The maximum absolute atomic E-state index is 12.2. The first-order chi connectivity index (χ1) is 9.81. The Morgan fingerprint density at radius 2 is 2.20 bits per heavy atom. The predicted octanol–water partition coefficient (Wildman–Crippen LogP) is 0.836. The van der Waals surface area contributed by atoms with Crippen molar-refractivity contribution in [2.75, 3.05) is 19.6 Å². The Morgan fingerprint density at radius 1 is 1.35 bits per heavy atom. The van der Waals surface area contributed by atoms with E-state index in [0.29, 0.717) is 0 Å². The van der Waals surface area contributed by atoms with Gasteiger partial charge < -0.3 is 5.32 Å². The van der Waals surface area contributed by atoms with E-state index < -0.39 is 0 Å². The van der Waals surface area contributed by atoms with Crippen molar-refractivity contribution >= 4 is 5.91 Å². The molecular weight excluding hydrogens is 252 g/mol. The summed E-state index contributed by atoms with van der Waals surface area (Å²) >= 11 is 0. The molecule has 0 spiro atoms. The quantitative estimate of drug-likeness (QED) is 0.761. The molecule has 3 N–H and O–H groups in total. The highest BCUT2D eigenvalue weighted by Gasteiger charge is 2.17. The topological polar surface area (TPSA) is 56.4 Å². The number of benzene rings is 1. The van der Waals surface area contributed by atoms with E-state index in [9.17, 15) is 4.79 Å². The molecule has 0 saturated carbocycles. The van der Waals surface area contributed by atoms with Crippen LogP contribution in [-0.2, 0) is 6.54 Å². The van der Waals surface area contributed by atoms with Crippen LogP contribution in [0.4, 0.5) is 0 Å². The maximum atomic E-state index is 12.2. The average molecular weight is 274 g/mol.